The second-order valence-electron chi connectivity index (χ2n) is 6.08. The van der Waals surface area contributed by atoms with Gasteiger partial charge < -0.3 is 0 Å². The number of alkyl halides is 1. The van der Waals surface area contributed by atoms with Crippen molar-refractivity contribution in [3.05, 3.63) is 0 Å². The maximum atomic E-state index is 13.0. The smallest absolute Gasteiger partial charge is 0.247 e. The Morgan fingerprint density at radius 1 is 0.579 bits per heavy atom. The van der Waals surface area contributed by atoms with Crippen LogP contribution in [0.1, 0.15) is 51.4 Å². The maximum Gasteiger partial charge on any atom is 0.288 e. The lowest BCUT2D eigenvalue weighted by Crippen LogP contribution is -2.33. The molecule has 116 valence electrons. The molecule has 0 atom stereocenters. The summed E-state index contributed by atoms with van der Waals surface area (Å²) in [4.78, 5) is 0. The first kappa shape index (κ1) is 15.3. The lowest BCUT2D eigenvalue weighted by Gasteiger charge is -2.50. The first-order valence-electron chi connectivity index (χ1n) is 6.82. The Balaban J connectivity index is 1.90. The molecule has 2 aliphatic carbocycles. The summed E-state index contributed by atoms with van der Waals surface area (Å²) in [6, 6.07) is 0. The average Bonchev–Trinajstić information content (AvgIpc) is 2.27. The van der Waals surface area contributed by atoms with E-state index in [1.165, 1.54) is 0 Å². The minimum Gasteiger partial charge on any atom is -0.247 e. The monoisotopic (exact) mass is 310 g/mol. The van der Waals surface area contributed by atoms with Crippen LogP contribution in [0.3, 0.4) is 0 Å². The van der Waals surface area contributed by atoms with Gasteiger partial charge in [-0.15, -0.1) is 0 Å². The van der Waals surface area contributed by atoms with Gasteiger partial charge in [-0.25, -0.2) is 4.39 Å². The van der Waals surface area contributed by atoms with Crippen molar-refractivity contribution in [2.24, 2.45) is 11.8 Å². The van der Waals surface area contributed by atoms with E-state index in [0.29, 0.717) is 25.7 Å². The fraction of sp³-hybridized carbons (Fsp3) is 1.00. The Labute approximate surface area is 109 Å². The highest BCUT2D eigenvalue weighted by Gasteiger charge is 2.69. The summed E-state index contributed by atoms with van der Waals surface area (Å²) in [5.41, 5.74) is 0. The van der Waals surface area contributed by atoms with Gasteiger partial charge in [-0.3, -0.25) is 0 Å². The molecule has 2 fully saturated rings. The normalized spacial score (nSPS) is 41.4. The van der Waals surface area contributed by atoms with Crippen molar-refractivity contribution in [3.8, 4) is 0 Å². The number of rotatable bonds is 2. The van der Waals surface area contributed by atoms with E-state index in [1.54, 1.807) is 0 Å². The molecular formula is C12H20F6S. The molecule has 0 aromatic carbocycles. The third-order valence-electron chi connectivity index (χ3n) is 4.72. The van der Waals surface area contributed by atoms with Crippen molar-refractivity contribution < 1.29 is 23.8 Å². The standard InChI is InChI=1S/C12H20F6S/c13-11-5-1-9(2-6-11)10-3-7-12(8-4-10)19(14,15,16,17)18/h9-12H,1-8H2. The van der Waals surface area contributed by atoms with Gasteiger partial charge in [0.05, 0.1) is 5.25 Å². The predicted octanol–water partition coefficient (Wildman–Crippen LogP) is 6.37. The highest BCUT2D eigenvalue weighted by Crippen LogP contribution is 3.01. The van der Waals surface area contributed by atoms with Crippen molar-refractivity contribution in [2.75, 3.05) is 0 Å². The molecule has 2 saturated carbocycles. The Bertz CT molecular complexity index is 320. The quantitative estimate of drug-likeness (QED) is 0.520. The Hall–Kier alpha value is -0.0700. The van der Waals surface area contributed by atoms with Gasteiger partial charge in [0.2, 0.25) is 0 Å². The van der Waals surface area contributed by atoms with E-state index in [4.69, 9.17) is 0 Å². The van der Waals surface area contributed by atoms with Crippen LogP contribution in [-0.4, -0.2) is 11.4 Å². The van der Waals surface area contributed by atoms with E-state index in [-0.39, 0.29) is 24.7 Å². The molecule has 19 heavy (non-hydrogen) atoms. The minimum atomic E-state index is -9.31. The van der Waals surface area contributed by atoms with E-state index >= 15 is 0 Å². The predicted molar refractivity (Wildman–Crippen MR) is 65.7 cm³/mol. The molecule has 0 saturated heterocycles. The van der Waals surface area contributed by atoms with Crippen molar-refractivity contribution in [2.45, 2.75) is 62.8 Å². The van der Waals surface area contributed by atoms with Crippen LogP contribution >= 0.6 is 10.2 Å². The highest BCUT2D eigenvalue weighted by molar-refractivity contribution is 8.46. The van der Waals surface area contributed by atoms with Crippen LogP contribution in [0, 0.1) is 11.8 Å². The average molecular weight is 310 g/mol. The molecule has 0 radical (unpaired) electrons. The Morgan fingerprint density at radius 3 is 1.32 bits per heavy atom. The topological polar surface area (TPSA) is 0 Å². The molecule has 0 spiro atoms. The van der Waals surface area contributed by atoms with Gasteiger partial charge in [-0.2, -0.15) is 0 Å². The SMILES string of the molecule is FC1CCC(C2CCC(S(F)(F)(F)(F)F)CC2)CC1. The molecule has 0 unspecified atom stereocenters. The van der Waals surface area contributed by atoms with Gasteiger partial charge in [-0.1, -0.05) is 19.4 Å². The largest absolute Gasteiger partial charge is 0.288 e. The Morgan fingerprint density at radius 2 is 0.947 bits per heavy atom. The first-order chi connectivity index (χ1) is 8.45. The summed E-state index contributed by atoms with van der Waals surface area (Å²) in [6.07, 6.45) is 1.00. The molecule has 0 aromatic heterocycles. The fourth-order valence-electron chi connectivity index (χ4n) is 3.56. The molecule has 0 bridgehead atoms. The van der Waals surface area contributed by atoms with Gasteiger partial charge in [0.15, 0.2) is 0 Å². The lowest BCUT2D eigenvalue weighted by atomic mass is 9.73. The molecular weight excluding hydrogens is 290 g/mol. The third-order valence-corrected chi connectivity index (χ3v) is 6.45. The fourth-order valence-corrected chi connectivity index (χ4v) is 4.72. The summed E-state index contributed by atoms with van der Waals surface area (Å²) in [6.45, 7) is 0. The van der Waals surface area contributed by atoms with Crippen LogP contribution in [-0.2, 0) is 0 Å². The van der Waals surface area contributed by atoms with Crippen molar-refractivity contribution in [1.82, 2.24) is 0 Å². The molecule has 0 aliphatic heterocycles. The summed E-state index contributed by atoms with van der Waals surface area (Å²) in [7, 11) is -9.31. The van der Waals surface area contributed by atoms with Gasteiger partial charge in [0.1, 0.15) is 6.17 Å². The summed E-state index contributed by atoms with van der Waals surface area (Å²) >= 11 is 0. The second-order valence-corrected chi connectivity index (χ2v) is 8.80. The summed E-state index contributed by atoms with van der Waals surface area (Å²) in [5, 5.41) is -2.41. The molecule has 0 heterocycles. The van der Waals surface area contributed by atoms with E-state index in [9.17, 15) is 23.8 Å². The summed E-state index contributed by atoms with van der Waals surface area (Å²) < 4.78 is 76.4. The van der Waals surface area contributed by atoms with Crippen LogP contribution in [0.5, 0.6) is 0 Å². The van der Waals surface area contributed by atoms with Crippen LogP contribution in [0.15, 0.2) is 0 Å². The van der Waals surface area contributed by atoms with Gasteiger partial charge in [0.25, 0.3) is 10.2 Å². The zero-order valence-corrected chi connectivity index (χ0v) is 11.5. The zero-order chi connectivity index (χ0) is 14.4. The van der Waals surface area contributed by atoms with Crippen molar-refractivity contribution in [1.29, 1.82) is 0 Å². The highest BCUT2D eigenvalue weighted by atomic mass is 32.5. The number of halogens is 6. The maximum absolute atomic E-state index is 13.0. The second kappa shape index (κ2) is 4.21. The summed E-state index contributed by atoms with van der Waals surface area (Å²) in [5.74, 6) is 0.301. The van der Waals surface area contributed by atoms with Gasteiger partial charge in [-0.05, 0) is 63.2 Å². The third kappa shape index (κ3) is 3.95. The molecule has 7 heteroatoms. The Kier molecular flexibility index (Phi) is 3.40. The van der Waals surface area contributed by atoms with Gasteiger partial charge >= 0.3 is 0 Å². The molecule has 2 rings (SSSR count). The molecule has 0 nitrogen and oxygen atoms in total. The van der Waals surface area contributed by atoms with Crippen LogP contribution in [0.4, 0.5) is 23.8 Å². The first-order valence-corrected chi connectivity index (χ1v) is 8.84. The lowest BCUT2D eigenvalue weighted by molar-refractivity contribution is 0.139. The van der Waals surface area contributed by atoms with E-state index in [1.807, 2.05) is 0 Å². The number of hydrogen-bond acceptors (Lipinski definition) is 0. The molecule has 0 amide bonds. The zero-order valence-electron chi connectivity index (χ0n) is 10.6. The van der Waals surface area contributed by atoms with E-state index in [2.05, 4.69) is 0 Å². The van der Waals surface area contributed by atoms with E-state index < -0.39 is 34.5 Å². The van der Waals surface area contributed by atoms with Crippen molar-refractivity contribution in [3.63, 3.8) is 0 Å². The molecule has 0 N–H and O–H groups in total. The van der Waals surface area contributed by atoms with Crippen molar-refractivity contribution >= 4 is 10.2 Å². The molecule has 2 aliphatic rings. The van der Waals surface area contributed by atoms with Crippen LogP contribution in [0.2, 0.25) is 0 Å². The minimum absolute atomic E-state index is 0.0729. The number of hydrogen-bond donors (Lipinski definition) is 0. The van der Waals surface area contributed by atoms with Crippen LogP contribution in [0.25, 0.3) is 0 Å². The van der Waals surface area contributed by atoms with Gasteiger partial charge in [0, 0.05) is 0 Å². The van der Waals surface area contributed by atoms with Crippen LogP contribution < -0.4 is 0 Å². The van der Waals surface area contributed by atoms with E-state index in [0.717, 1.165) is 0 Å². The molecule has 0 aromatic rings.